The number of aromatic amines is 1. The molecule has 178 valence electrons. The number of benzene rings is 2. The molecule has 0 saturated carbocycles. The van der Waals surface area contributed by atoms with E-state index in [0.717, 1.165) is 45.3 Å². The highest BCUT2D eigenvalue weighted by Crippen LogP contribution is 2.33. The lowest BCUT2D eigenvalue weighted by Gasteiger charge is -2.32. The summed E-state index contributed by atoms with van der Waals surface area (Å²) in [4.78, 5) is 6.04. The number of nitrogens with one attached hydrogen (secondary N) is 2. The summed E-state index contributed by atoms with van der Waals surface area (Å²) in [5, 5.41) is 1.34. The fourth-order valence-corrected chi connectivity index (χ4v) is 5.55. The van der Waals surface area contributed by atoms with Crippen LogP contribution in [0.1, 0.15) is 49.7 Å². The molecule has 0 unspecified atom stereocenters. The van der Waals surface area contributed by atoms with Crippen LogP contribution in [0, 0.1) is 6.92 Å². The average Bonchev–Trinajstić information content (AvgIpc) is 3.23. The number of piperidine rings is 1. The van der Waals surface area contributed by atoms with Gasteiger partial charge < -0.3 is 14.6 Å². The first-order valence-electron chi connectivity index (χ1n) is 12.0. The number of unbranched alkanes of at least 4 members (excludes halogenated alkanes) is 1. The number of rotatable bonds is 10. The number of nitrogens with zero attached hydrogens (tertiary/aromatic N) is 1. The molecule has 3 aromatic rings. The molecule has 2 heterocycles. The van der Waals surface area contributed by atoms with Crippen molar-refractivity contribution in [1.82, 2.24) is 14.6 Å². The van der Waals surface area contributed by atoms with Crippen LogP contribution < -0.4 is 9.46 Å². The summed E-state index contributed by atoms with van der Waals surface area (Å²) in [5.74, 6) is 1.25. The molecule has 1 aliphatic rings. The highest BCUT2D eigenvalue weighted by molar-refractivity contribution is 7.89. The Balaban J connectivity index is 1.24. The SMILES string of the molecule is CCCCOc1ccc(S(=O)(=O)NCCN2CCC(c3c[nH]c4ccc(C)cc34)CC2)cc1. The fraction of sp³-hybridized carbons (Fsp3) is 0.462. The molecule has 0 radical (unpaired) electrons. The van der Waals surface area contributed by atoms with E-state index in [2.05, 4.69) is 52.8 Å². The maximum atomic E-state index is 12.6. The van der Waals surface area contributed by atoms with Gasteiger partial charge >= 0.3 is 0 Å². The molecular weight excluding hydrogens is 434 g/mol. The van der Waals surface area contributed by atoms with E-state index in [4.69, 9.17) is 4.74 Å². The molecule has 0 bridgehead atoms. The molecule has 6 nitrogen and oxygen atoms in total. The number of hydrogen-bond acceptors (Lipinski definition) is 4. The quantitative estimate of drug-likeness (QED) is 0.418. The van der Waals surface area contributed by atoms with Crippen LogP contribution in [0.25, 0.3) is 10.9 Å². The number of aryl methyl sites for hydroxylation is 1. The van der Waals surface area contributed by atoms with E-state index in [9.17, 15) is 8.42 Å². The summed E-state index contributed by atoms with van der Waals surface area (Å²) >= 11 is 0. The van der Waals surface area contributed by atoms with Gasteiger partial charge in [0.05, 0.1) is 11.5 Å². The molecule has 33 heavy (non-hydrogen) atoms. The van der Waals surface area contributed by atoms with E-state index >= 15 is 0 Å². The van der Waals surface area contributed by atoms with Crippen LogP contribution in [0.15, 0.2) is 53.6 Å². The molecule has 1 aliphatic heterocycles. The van der Waals surface area contributed by atoms with Crippen LogP contribution in [0.2, 0.25) is 0 Å². The zero-order valence-corrected chi connectivity index (χ0v) is 20.5. The van der Waals surface area contributed by atoms with Gasteiger partial charge in [-0.15, -0.1) is 0 Å². The molecule has 0 aliphatic carbocycles. The fourth-order valence-electron chi connectivity index (χ4n) is 4.53. The minimum atomic E-state index is -3.51. The van der Waals surface area contributed by atoms with Gasteiger partial charge in [-0.05, 0) is 87.2 Å². The number of sulfonamides is 1. The summed E-state index contributed by atoms with van der Waals surface area (Å²) < 4.78 is 33.6. The molecule has 0 spiro atoms. The smallest absolute Gasteiger partial charge is 0.240 e. The monoisotopic (exact) mass is 469 g/mol. The Hall–Kier alpha value is -2.35. The van der Waals surface area contributed by atoms with Gasteiger partial charge in [0.15, 0.2) is 0 Å². The van der Waals surface area contributed by atoms with Crippen molar-refractivity contribution in [2.24, 2.45) is 0 Å². The third-order valence-corrected chi connectivity index (χ3v) is 7.99. The molecule has 1 saturated heterocycles. The maximum Gasteiger partial charge on any atom is 0.240 e. The van der Waals surface area contributed by atoms with Gasteiger partial charge in [0.1, 0.15) is 5.75 Å². The van der Waals surface area contributed by atoms with Crippen molar-refractivity contribution in [3.8, 4) is 5.75 Å². The van der Waals surface area contributed by atoms with Crippen molar-refractivity contribution < 1.29 is 13.2 Å². The number of ether oxygens (including phenoxy) is 1. The second-order valence-electron chi connectivity index (χ2n) is 8.98. The molecular formula is C26H35N3O3S. The summed E-state index contributed by atoms with van der Waals surface area (Å²) in [6.07, 6.45) is 6.40. The third kappa shape index (κ3) is 5.96. The van der Waals surface area contributed by atoms with Crippen molar-refractivity contribution in [1.29, 1.82) is 0 Å². The lowest BCUT2D eigenvalue weighted by Crippen LogP contribution is -2.39. The Morgan fingerprint density at radius 2 is 1.88 bits per heavy atom. The van der Waals surface area contributed by atoms with Crippen molar-refractivity contribution in [2.75, 3.05) is 32.8 Å². The van der Waals surface area contributed by atoms with Crippen LogP contribution in [0.4, 0.5) is 0 Å². The Labute approximate surface area is 197 Å². The van der Waals surface area contributed by atoms with Gasteiger partial charge in [0.2, 0.25) is 10.0 Å². The largest absolute Gasteiger partial charge is 0.494 e. The highest BCUT2D eigenvalue weighted by Gasteiger charge is 2.23. The summed E-state index contributed by atoms with van der Waals surface area (Å²) in [6, 6.07) is 13.2. The Bertz CT molecular complexity index is 1150. The molecule has 2 aromatic carbocycles. The Morgan fingerprint density at radius 3 is 2.61 bits per heavy atom. The van der Waals surface area contributed by atoms with Crippen LogP contribution in [0.3, 0.4) is 0 Å². The van der Waals surface area contributed by atoms with E-state index in [1.807, 2.05) is 0 Å². The summed E-state index contributed by atoms with van der Waals surface area (Å²) in [6.45, 7) is 7.99. The zero-order valence-electron chi connectivity index (χ0n) is 19.6. The van der Waals surface area contributed by atoms with Gasteiger partial charge in [-0.2, -0.15) is 0 Å². The minimum Gasteiger partial charge on any atom is -0.494 e. The number of hydrogen-bond donors (Lipinski definition) is 2. The van der Waals surface area contributed by atoms with E-state index in [-0.39, 0.29) is 4.90 Å². The first kappa shape index (κ1) is 23.8. The van der Waals surface area contributed by atoms with Crippen LogP contribution >= 0.6 is 0 Å². The van der Waals surface area contributed by atoms with Gasteiger partial charge in [-0.25, -0.2) is 13.1 Å². The second-order valence-corrected chi connectivity index (χ2v) is 10.7. The molecule has 0 amide bonds. The predicted molar refractivity (Wildman–Crippen MR) is 133 cm³/mol. The molecule has 1 aromatic heterocycles. The molecule has 0 atom stereocenters. The minimum absolute atomic E-state index is 0.277. The lowest BCUT2D eigenvalue weighted by atomic mass is 9.89. The van der Waals surface area contributed by atoms with E-state index in [1.54, 1.807) is 24.3 Å². The Morgan fingerprint density at radius 1 is 1.12 bits per heavy atom. The molecule has 7 heteroatoms. The average molecular weight is 470 g/mol. The first-order chi connectivity index (χ1) is 16.0. The number of likely N-dealkylation sites (tertiary alicyclic amines) is 1. The summed E-state index contributed by atoms with van der Waals surface area (Å²) in [5.41, 5.74) is 3.90. The lowest BCUT2D eigenvalue weighted by molar-refractivity contribution is 0.216. The highest BCUT2D eigenvalue weighted by atomic mass is 32.2. The standard InChI is InChI=1S/C26H35N3O3S/c1-3-4-17-32-22-6-8-23(9-7-22)33(30,31)28-13-16-29-14-11-21(12-15-29)25-19-27-26-10-5-20(2)18-24(25)26/h5-10,18-19,21,27-28H,3-4,11-17H2,1-2H3. The van der Waals surface area contributed by atoms with Gasteiger partial charge in [-0.3, -0.25) is 0 Å². The van der Waals surface area contributed by atoms with Crippen LogP contribution in [-0.2, 0) is 10.0 Å². The normalized spacial score (nSPS) is 15.8. The maximum absolute atomic E-state index is 12.6. The van der Waals surface area contributed by atoms with E-state index < -0.39 is 10.0 Å². The third-order valence-electron chi connectivity index (χ3n) is 6.52. The van der Waals surface area contributed by atoms with E-state index in [0.29, 0.717) is 24.8 Å². The molecule has 4 rings (SSSR count). The number of aromatic nitrogens is 1. The topological polar surface area (TPSA) is 74.4 Å². The predicted octanol–water partition coefficient (Wildman–Crippen LogP) is 4.81. The van der Waals surface area contributed by atoms with Crippen molar-refractivity contribution in [3.63, 3.8) is 0 Å². The second kappa shape index (κ2) is 10.7. The van der Waals surface area contributed by atoms with Crippen LogP contribution in [0.5, 0.6) is 5.75 Å². The number of fused-ring (bicyclic) bond motifs is 1. The molecule has 2 N–H and O–H groups in total. The van der Waals surface area contributed by atoms with E-state index in [1.165, 1.54) is 22.0 Å². The Kier molecular flexibility index (Phi) is 7.73. The first-order valence-corrected chi connectivity index (χ1v) is 13.5. The molecule has 1 fully saturated rings. The van der Waals surface area contributed by atoms with Crippen molar-refractivity contribution in [2.45, 2.75) is 50.3 Å². The van der Waals surface area contributed by atoms with Crippen LogP contribution in [-0.4, -0.2) is 51.1 Å². The summed E-state index contributed by atoms with van der Waals surface area (Å²) in [7, 11) is -3.51. The van der Waals surface area contributed by atoms with Crippen molar-refractivity contribution in [3.05, 3.63) is 59.8 Å². The van der Waals surface area contributed by atoms with Gasteiger partial charge in [-0.1, -0.05) is 25.0 Å². The van der Waals surface area contributed by atoms with Crippen molar-refractivity contribution >= 4 is 20.9 Å². The zero-order chi connectivity index (χ0) is 23.3. The van der Waals surface area contributed by atoms with Gasteiger partial charge in [0, 0.05) is 30.2 Å². The van der Waals surface area contributed by atoms with Gasteiger partial charge in [0.25, 0.3) is 0 Å². The number of H-pyrrole nitrogens is 1.